The number of rotatable bonds is 7. The Bertz CT molecular complexity index is 995. The minimum atomic E-state index is -0.530. The molecule has 10 heteroatoms. The zero-order valence-electron chi connectivity index (χ0n) is 14.9. The van der Waals surface area contributed by atoms with E-state index in [4.69, 9.17) is 5.11 Å². The van der Waals surface area contributed by atoms with Gasteiger partial charge < -0.3 is 5.11 Å². The van der Waals surface area contributed by atoms with E-state index >= 15 is 0 Å². The van der Waals surface area contributed by atoms with E-state index in [1.165, 1.54) is 36.4 Å². The summed E-state index contributed by atoms with van der Waals surface area (Å²) >= 11 is 1.90. The molecule has 7 nitrogen and oxygen atoms in total. The minimum Gasteiger partial charge on any atom is -0.396 e. The molecular formula is C19H15FN2O5S2. The van der Waals surface area contributed by atoms with Gasteiger partial charge in [0.25, 0.3) is 16.8 Å². The van der Waals surface area contributed by atoms with E-state index in [1.54, 1.807) is 12.1 Å². The molecule has 0 spiro atoms. The Balaban J connectivity index is 1.82. The summed E-state index contributed by atoms with van der Waals surface area (Å²) < 4.78 is 13.0. The lowest BCUT2D eigenvalue weighted by Gasteiger charge is -2.12. The average Bonchev–Trinajstić information content (AvgIpc) is 2.95. The number of carbonyl (C=O) groups excluding carboxylic acids is 2. The van der Waals surface area contributed by atoms with E-state index in [9.17, 15) is 24.1 Å². The second-order valence-electron chi connectivity index (χ2n) is 5.95. The maximum Gasteiger partial charge on any atom is 0.293 e. The van der Waals surface area contributed by atoms with Crippen molar-refractivity contribution >= 4 is 46.4 Å². The second-order valence-corrected chi connectivity index (χ2v) is 8.08. The molecule has 0 saturated carbocycles. The molecule has 2 aromatic rings. The van der Waals surface area contributed by atoms with Gasteiger partial charge in [-0.25, -0.2) is 4.39 Å². The van der Waals surface area contributed by atoms with E-state index in [2.05, 4.69) is 0 Å². The lowest BCUT2D eigenvalue weighted by Crippen LogP contribution is -2.27. The number of nitro benzene ring substituents is 1. The number of hydrogen-bond donors (Lipinski definition) is 1. The highest BCUT2D eigenvalue weighted by molar-refractivity contribution is 8.18. The first-order valence-electron chi connectivity index (χ1n) is 8.41. The van der Waals surface area contributed by atoms with Crippen LogP contribution >= 0.6 is 23.5 Å². The summed E-state index contributed by atoms with van der Waals surface area (Å²) in [6.07, 6.45) is 1.43. The number of nitro groups is 1. The summed E-state index contributed by atoms with van der Waals surface area (Å²) in [7, 11) is 0. The molecule has 0 bridgehead atoms. The average molecular weight is 434 g/mol. The molecule has 1 saturated heterocycles. The van der Waals surface area contributed by atoms with Crippen LogP contribution in [0.4, 0.5) is 14.9 Å². The number of aliphatic hydroxyl groups excluding tert-OH is 1. The van der Waals surface area contributed by atoms with Crippen molar-refractivity contribution in [3.8, 4) is 0 Å². The molecule has 1 aliphatic heterocycles. The highest BCUT2D eigenvalue weighted by atomic mass is 32.2. The van der Waals surface area contributed by atoms with Gasteiger partial charge in [0.1, 0.15) is 5.82 Å². The van der Waals surface area contributed by atoms with Crippen LogP contribution in [0, 0.1) is 15.9 Å². The molecule has 0 aliphatic carbocycles. The van der Waals surface area contributed by atoms with Gasteiger partial charge in [-0.2, -0.15) is 0 Å². The molecule has 1 heterocycles. The Morgan fingerprint density at radius 3 is 2.59 bits per heavy atom. The first kappa shape index (κ1) is 21.0. The van der Waals surface area contributed by atoms with Crippen molar-refractivity contribution in [1.29, 1.82) is 0 Å². The van der Waals surface area contributed by atoms with Crippen LogP contribution in [0.15, 0.2) is 52.3 Å². The van der Waals surface area contributed by atoms with Crippen LogP contribution in [0.3, 0.4) is 0 Å². The fraction of sp³-hybridized carbons (Fsp3) is 0.158. The number of aliphatic hydroxyl groups is 1. The van der Waals surface area contributed by atoms with Gasteiger partial charge in [-0.3, -0.25) is 24.6 Å². The minimum absolute atomic E-state index is 0.0131. The molecule has 0 unspecified atom stereocenters. The summed E-state index contributed by atoms with van der Waals surface area (Å²) in [4.78, 5) is 37.2. The number of benzene rings is 2. The van der Waals surface area contributed by atoms with Gasteiger partial charge in [0.05, 0.1) is 27.9 Å². The summed E-state index contributed by atoms with van der Waals surface area (Å²) in [5.41, 5.74) is 0.885. The first-order chi connectivity index (χ1) is 13.9. The van der Waals surface area contributed by atoms with Crippen LogP contribution in [-0.2, 0) is 11.3 Å². The quantitative estimate of drug-likeness (QED) is 0.304. The van der Waals surface area contributed by atoms with Crippen molar-refractivity contribution in [2.75, 3.05) is 12.4 Å². The number of halogens is 1. The lowest BCUT2D eigenvalue weighted by molar-refractivity contribution is -0.387. The molecule has 1 fully saturated rings. The van der Waals surface area contributed by atoms with Gasteiger partial charge >= 0.3 is 0 Å². The normalized spacial score (nSPS) is 15.4. The van der Waals surface area contributed by atoms with Crippen LogP contribution in [0.2, 0.25) is 0 Å². The van der Waals surface area contributed by atoms with Crippen molar-refractivity contribution in [3.63, 3.8) is 0 Å². The Morgan fingerprint density at radius 2 is 1.93 bits per heavy atom. The van der Waals surface area contributed by atoms with Gasteiger partial charge in [0.2, 0.25) is 0 Å². The molecule has 150 valence electrons. The van der Waals surface area contributed by atoms with Crippen molar-refractivity contribution < 1.29 is 24.0 Å². The summed E-state index contributed by atoms with van der Waals surface area (Å²) in [6.45, 7) is -0.0933. The molecule has 29 heavy (non-hydrogen) atoms. The van der Waals surface area contributed by atoms with Crippen LogP contribution in [0.5, 0.6) is 0 Å². The zero-order valence-corrected chi connectivity index (χ0v) is 16.5. The molecule has 0 radical (unpaired) electrons. The van der Waals surface area contributed by atoms with Gasteiger partial charge in [-0.05, 0) is 47.2 Å². The third-order valence-corrected chi connectivity index (χ3v) is 5.90. The molecule has 2 amide bonds. The van der Waals surface area contributed by atoms with Crippen LogP contribution < -0.4 is 0 Å². The Morgan fingerprint density at radius 1 is 1.21 bits per heavy atom. The zero-order chi connectivity index (χ0) is 21.0. The van der Waals surface area contributed by atoms with E-state index in [0.29, 0.717) is 21.8 Å². The van der Waals surface area contributed by atoms with E-state index in [-0.39, 0.29) is 23.7 Å². The van der Waals surface area contributed by atoms with Gasteiger partial charge in [-0.15, -0.1) is 11.8 Å². The Labute approximate surface area is 173 Å². The molecular weight excluding hydrogens is 419 g/mol. The number of nitrogens with zero attached hydrogens (tertiary/aromatic N) is 2. The first-order valence-corrected chi connectivity index (χ1v) is 10.2. The van der Waals surface area contributed by atoms with Gasteiger partial charge in [-0.1, -0.05) is 18.2 Å². The van der Waals surface area contributed by atoms with Gasteiger partial charge in [0.15, 0.2) is 0 Å². The van der Waals surface area contributed by atoms with Crippen molar-refractivity contribution in [1.82, 2.24) is 4.90 Å². The summed E-state index contributed by atoms with van der Waals surface area (Å²) in [6, 6.07) is 9.98. The highest BCUT2D eigenvalue weighted by Gasteiger charge is 2.35. The number of hydrogen-bond acceptors (Lipinski definition) is 7. The maximum absolute atomic E-state index is 13.0. The van der Waals surface area contributed by atoms with Crippen LogP contribution in [0.1, 0.15) is 11.1 Å². The topological polar surface area (TPSA) is 101 Å². The lowest BCUT2D eigenvalue weighted by atomic mass is 10.1. The predicted octanol–water partition coefficient (Wildman–Crippen LogP) is 4.05. The third kappa shape index (κ3) is 5.03. The Kier molecular flexibility index (Phi) is 6.68. The maximum atomic E-state index is 13.0. The van der Waals surface area contributed by atoms with E-state index < -0.39 is 21.9 Å². The summed E-state index contributed by atoms with van der Waals surface area (Å²) in [5, 5.41) is 19.8. The smallest absolute Gasteiger partial charge is 0.293 e. The summed E-state index contributed by atoms with van der Waals surface area (Å²) in [5.74, 6) is -0.599. The number of thioether (sulfide) groups is 2. The van der Waals surface area contributed by atoms with Crippen molar-refractivity contribution in [2.45, 2.75) is 11.4 Å². The molecule has 2 aromatic carbocycles. The van der Waals surface area contributed by atoms with Crippen molar-refractivity contribution in [2.24, 2.45) is 0 Å². The van der Waals surface area contributed by atoms with Gasteiger partial charge in [0, 0.05) is 11.8 Å². The standard InChI is InChI=1S/C19H15FN2O5S2/c20-14-4-1-12(2-5-14)11-21-18(24)17(29-19(21)25)10-13-3-6-16(28-8-7-23)15(9-13)22(26)27/h1-6,9-10,23H,7-8,11H2/b17-10+. The van der Waals surface area contributed by atoms with Crippen LogP contribution in [-0.4, -0.2) is 38.4 Å². The Hall–Kier alpha value is -2.69. The fourth-order valence-corrected chi connectivity index (χ4v) is 4.20. The predicted molar refractivity (Wildman–Crippen MR) is 109 cm³/mol. The number of imide groups is 1. The van der Waals surface area contributed by atoms with E-state index in [0.717, 1.165) is 28.4 Å². The fourth-order valence-electron chi connectivity index (χ4n) is 2.60. The van der Waals surface area contributed by atoms with Crippen molar-refractivity contribution in [3.05, 3.63) is 74.4 Å². The number of amides is 2. The van der Waals surface area contributed by atoms with E-state index in [1.807, 2.05) is 0 Å². The largest absolute Gasteiger partial charge is 0.396 e. The third-order valence-electron chi connectivity index (χ3n) is 3.95. The molecule has 3 rings (SSSR count). The number of carbonyl (C=O) groups is 2. The molecule has 0 atom stereocenters. The molecule has 0 aromatic heterocycles. The SMILES string of the molecule is O=C1S/C(=C/c2ccc(SCCO)c([N+](=O)[O-])c2)C(=O)N1Cc1ccc(F)cc1. The highest BCUT2D eigenvalue weighted by Crippen LogP contribution is 2.35. The monoisotopic (exact) mass is 434 g/mol. The molecule has 1 N–H and O–H groups in total. The van der Waals surface area contributed by atoms with Crippen LogP contribution in [0.25, 0.3) is 6.08 Å². The molecule has 1 aliphatic rings. The second kappa shape index (κ2) is 9.21.